The first-order valence-corrected chi connectivity index (χ1v) is 31.1. The van der Waals surface area contributed by atoms with E-state index in [-0.39, 0.29) is 18.8 Å². The molecule has 32 heteroatoms. The molecule has 0 fully saturated rings. The molecule has 56 heavy (non-hydrogen) atoms. The monoisotopic (exact) mass is 1330 g/mol. The summed E-state index contributed by atoms with van der Waals surface area (Å²) in [4.78, 5) is 0. The van der Waals surface area contributed by atoms with Gasteiger partial charge in [0.05, 0.1) is 21.0 Å². The predicted octanol–water partition coefficient (Wildman–Crippen LogP) is 4.78. The molecule has 20 nitrogen and oxygen atoms in total. The van der Waals surface area contributed by atoms with Crippen LogP contribution in [0.4, 0.5) is 0 Å². The first-order chi connectivity index (χ1) is 24.8. The van der Waals surface area contributed by atoms with Crippen molar-refractivity contribution in [3.8, 4) is 0 Å². The first kappa shape index (κ1) is 69.9. The minimum Gasteiger partial charge on any atom is -0.375 e. The lowest BCUT2D eigenvalue weighted by Crippen LogP contribution is -2.25. The zero-order chi connectivity index (χ0) is 46.5. The molecule has 0 saturated carbocycles. The molecule has 0 spiro atoms. The van der Waals surface area contributed by atoms with E-state index in [1.54, 1.807) is 13.8 Å². The molecule has 0 saturated heterocycles. The number of halogens is 6. The second-order valence-corrected chi connectivity index (χ2v) is 25.8. The van der Waals surface area contributed by atoms with Crippen molar-refractivity contribution in [1.29, 1.82) is 0 Å². The Hall–Kier alpha value is 2.26. The van der Waals surface area contributed by atoms with E-state index in [1.165, 1.54) is 20.8 Å². The molecule has 0 aliphatic carbocycles. The lowest BCUT2D eigenvalue weighted by molar-refractivity contribution is 0.231. The highest BCUT2D eigenvalue weighted by Crippen LogP contribution is 2.13. The standard InChI is InChI=1S/2C5H11BrO3S.2C4H9BrO3S.2C3H7BrO4S/c1-4(3-6)5(2)10(7,8)9;1-2-5(3-4-6)10(7,8)9;2*1-4(2-3-5)9(6,7)8;2*4-2-1-3(5)9(6,7)8/h4-5H,3H2,1-2H3,(H,7,8,9);5H,2-4H2,1H3,(H,7,8,9);2*4H,2-3H2,1H3,(H,6,7,8);2*3,5H,1-2H2,(H,6,7,8). The molecule has 0 bridgehead atoms. The fourth-order valence-corrected chi connectivity index (χ4v) is 10.5. The van der Waals surface area contributed by atoms with E-state index in [0.717, 1.165) is 0 Å². The summed E-state index contributed by atoms with van der Waals surface area (Å²) in [7, 11) is -23.7. The maximum absolute atomic E-state index is 10.5. The summed E-state index contributed by atoms with van der Waals surface area (Å²) < 4.78 is 173. The number of rotatable bonds is 19. The highest BCUT2D eigenvalue weighted by molar-refractivity contribution is 9.10. The Kier molecular flexibility index (Phi) is 44.6. The molecule has 0 aromatic heterocycles. The van der Waals surface area contributed by atoms with Gasteiger partial charge in [0.2, 0.25) is 0 Å². The van der Waals surface area contributed by atoms with Crippen LogP contribution < -0.4 is 0 Å². The fraction of sp³-hybridized carbons (Fsp3) is 1.00. The van der Waals surface area contributed by atoms with Crippen LogP contribution in [0.1, 0.15) is 73.1 Å². The highest BCUT2D eigenvalue weighted by atomic mass is 79.9. The quantitative estimate of drug-likeness (QED) is 0.0637. The van der Waals surface area contributed by atoms with Gasteiger partial charge in [0.25, 0.3) is 60.7 Å². The van der Waals surface area contributed by atoms with E-state index in [0.29, 0.717) is 57.7 Å². The Balaban J connectivity index is -0.000000134. The molecule has 0 aromatic carbocycles. The van der Waals surface area contributed by atoms with Gasteiger partial charge in [-0.25, -0.2) is 0 Å². The topological polar surface area (TPSA) is 367 Å². The summed E-state index contributed by atoms with van der Waals surface area (Å²) in [5.74, 6) is -0.0602. The lowest BCUT2D eigenvalue weighted by atomic mass is 10.2. The predicted molar refractivity (Wildman–Crippen MR) is 239 cm³/mol. The van der Waals surface area contributed by atoms with E-state index >= 15 is 0 Å². The van der Waals surface area contributed by atoms with Crippen molar-refractivity contribution >= 4 is 156 Å². The zero-order valence-corrected chi connectivity index (χ0v) is 45.1. The van der Waals surface area contributed by atoms with Crippen LogP contribution in [0.2, 0.25) is 0 Å². The van der Waals surface area contributed by atoms with Crippen LogP contribution in [0, 0.1) is 5.92 Å². The van der Waals surface area contributed by atoms with Crippen LogP contribution in [0.3, 0.4) is 0 Å². The van der Waals surface area contributed by atoms with Crippen molar-refractivity contribution < 1.29 is 88.0 Å². The molecule has 0 amide bonds. The van der Waals surface area contributed by atoms with E-state index < -0.39 is 92.6 Å². The largest absolute Gasteiger partial charge is 0.375 e. The number of aliphatic hydroxyl groups is 2. The number of alkyl halides is 6. The molecular formula is C24H54Br6O20S6. The number of hydrogen-bond donors (Lipinski definition) is 8. The van der Waals surface area contributed by atoms with Crippen molar-refractivity contribution in [2.45, 2.75) is 105 Å². The lowest BCUT2D eigenvalue weighted by Gasteiger charge is -2.13. The molecular weight excluding hydrogens is 1280 g/mol. The Morgan fingerprint density at radius 2 is 0.679 bits per heavy atom. The summed E-state index contributed by atoms with van der Waals surface area (Å²) in [6.07, 6.45) is 1.81. The van der Waals surface area contributed by atoms with Crippen LogP contribution in [0.25, 0.3) is 0 Å². The second kappa shape index (κ2) is 35.7. The molecule has 0 aliphatic rings. The van der Waals surface area contributed by atoms with E-state index in [2.05, 4.69) is 95.6 Å². The molecule has 7 unspecified atom stereocenters. The molecule has 0 heterocycles. The van der Waals surface area contributed by atoms with Crippen LogP contribution in [0.5, 0.6) is 0 Å². The van der Waals surface area contributed by atoms with Gasteiger partial charge in [-0.1, -0.05) is 109 Å². The summed E-state index contributed by atoms with van der Waals surface area (Å²) in [6, 6.07) is 0. The summed E-state index contributed by atoms with van der Waals surface area (Å²) in [5.41, 5.74) is -3.31. The van der Waals surface area contributed by atoms with Gasteiger partial charge in [-0.15, -0.1) is 0 Å². The Morgan fingerprint density at radius 3 is 0.750 bits per heavy atom. The summed E-state index contributed by atoms with van der Waals surface area (Å²) in [5, 5.41) is 17.5. The SMILES string of the molecule is CC(CBr)C(C)S(=O)(=O)O.CC(CCBr)S(=O)(=O)O.CC(CCBr)S(=O)(=O)O.CCC(CCBr)S(=O)(=O)O.O=S(=O)(O)C(O)CCBr.O=S(=O)(O)C(O)CCBr. The number of hydrogen-bond acceptors (Lipinski definition) is 14. The fourth-order valence-electron chi connectivity index (χ4n) is 2.19. The number of aliphatic hydroxyl groups excluding tert-OH is 2. The maximum Gasteiger partial charge on any atom is 0.292 e. The average Bonchev–Trinajstić information content (AvgIpc) is 3.02. The molecule has 0 radical (unpaired) electrons. The first-order valence-electron chi connectivity index (χ1n) is 15.3. The molecule has 8 N–H and O–H groups in total. The molecule has 0 rings (SSSR count). The van der Waals surface area contributed by atoms with Crippen molar-refractivity contribution in [2.75, 3.05) is 32.0 Å². The van der Waals surface area contributed by atoms with Gasteiger partial charge in [-0.05, 0) is 65.2 Å². The Labute approximate surface area is 383 Å². The van der Waals surface area contributed by atoms with E-state index in [9.17, 15) is 50.5 Å². The van der Waals surface area contributed by atoms with Crippen molar-refractivity contribution in [1.82, 2.24) is 0 Å². The average molecular weight is 1330 g/mol. The van der Waals surface area contributed by atoms with Gasteiger partial charge >= 0.3 is 0 Å². The normalized spacial score (nSPS) is 15.9. The summed E-state index contributed by atoms with van der Waals surface area (Å²) in [6.45, 7) is 7.92. The van der Waals surface area contributed by atoms with Crippen molar-refractivity contribution in [3.05, 3.63) is 0 Å². The Bertz CT molecular complexity index is 1460. The molecule has 0 aromatic rings. The van der Waals surface area contributed by atoms with Gasteiger partial charge in [-0.3, -0.25) is 27.3 Å². The van der Waals surface area contributed by atoms with Gasteiger partial charge in [0.15, 0.2) is 10.9 Å². The van der Waals surface area contributed by atoms with Crippen LogP contribution in [-0.2, 0) is 60.7 Å². The van der Waals surface area contributed by atoms with Gasteiger partial charge in [-0.2, -0.15) is 50.5 Å². The van der Waals surface area contributed by atoms with Gasteiger partial charge < -0.3 is 10.2 Å². The van der Waals surface area contributed by atoms with Crippen LogP contribution >= 0.6 is 95.6 Å². The molecule has 0 aliphatic heterocycles. The van der Waals surface area contributed by atoms with Gasteiger partial charge in [0, 0.05) is 32.0 Å². The third kappa shape index (κ3) is 45.8. The summed E-state index contributed by atoms with van der Waals surface area (Å²) >= 11 is 18.2. The highest BCUT2D eigenvalue weighted by Gasteiger charge is 2.23. The van der Waals surface area contributed by atoms with Crippen LogP contribution in [-0.4, -0.2) is 152 Å². The zero-order valence-electron chi connectivity index (χ0n) is 30.7. The third-order valence-corrected chi connectivity index (χ3v) is 16.7. The maximum atomic E-state index is 10.5. The molecule has 348 valence electrons. The molecule has 7 atom stereocenters. The van der Waals surface area contributed by atoms with Crippen molar-refractivity contribution in [3.63, 3.8) is 0 Å². The van der Waals surface area contributed by atoms with Crippen LogP contribution in [0.15, 0.2) is 0 Å². The minimum absolute atomic E-state index is 0.00116. The van der Waals surface area contributed by atoms with Crippen molar-refractivity contribution in [2.24, 2.45) is 5.92 Å². The minimum atomic E-state index is -4.24. The second-order valence-electron chi connectivity index (χ2n) is 10.9. The smallest absolute Gasteiger partial charge is 0.292 e. The van der Waals surface area contributed by atoms with E-state index in [1.807, 2.05) is 0 Å². The Morgan fingerprint density at radius 1 is 0.411 bits per heavy atom. The van der Waals surface area contributed by atoms with Gasteiger partial charge in [0.1, 0.15) is 0 Å². The van der Waals surface area contributed by atoms with E-state index in [4.69, 9.17) is 37.5 Å². The third-order valence-electron chi connectivity index (χ3n) is 6.27.